The second-order valence-electron chi connectivity index (χ2n) is 6.02. The van der Waals surface area contributed by atoms with Gasteiger partial charge in [0.25, 0.3) is 5.91 Å². The van der Waals surface area contributed by atoms with E-state index in [1.54, 1.807) is 31.2 Å². The number of hydrogen-bond acceptors (Lipinski definition) is 4. The highest BCUT2D eigenvalue weighted by Gasteiger charge is 2.22. The Bertz CT molecular complexity index is 601. The van der Waals surface area contributed by atoms with Gasteiger partial charge in [0.1, 0.15) is 0 Å². The topological polar surface area (TPSA) is 79.2 Å². The monoisotopic (exact) mass is 314 g/mol. The van der Waals surface area contributed by atoms with E-state index in [1.165, 1.54) is 19.3 Å². The minimum atomic E-state index is -0.850. The lowest BCUT2D eigenvalue weighted by Gasteiger charge is -2.21. The SMILES string of the molecule is C[C@@H](OC(=O)CC1CCCCC1)C(=O)Nc1cccc(C#N)c1. The van der Waals surface area contributed by atoms with Crippen molar-refractivity contribution < 1.29 is 14.3 Å². The molecule has 1 aliphatic rings. The molecule has 1 N–H and O–H groups in total. The fraction of sp³-hybridized carbons (Fsp3) is 0.500. The molecular formula is C18H22N2O3. The maximum atomic E-state index is 12.1. The summed E-state index contributed by atoms with van der Waals surface area (Å²) in [7, 11) is 0. The molecule has 1 saturated carbocycles. The minimum Gasteiger partial charge on any atom is -0.453 e. The van der Waals surface area contributed by atoms with E-state index < -0.39 is 12.0 Å². The maximum Gasteiger partial charge on any atom is 0.306 e. The van der Waals surface area contributed by atoms with E-state index in [-0.39, 0.29) is 5.97 Å². The number of nitrogens with zero attached hydrogens (tertiary/aromatic N) is 1. The highest BCUT2D eigenvalue weighted by atomic mass is 16.5. The van der Waals surface area contributed by atoms with Crippen LogP contribution in [0.2, 0.25) is 0 Å². The van der Waals surface area contributed by atoms with Crippen LogP contribution in [0.5, 0.6) is 0 Å². The van der Waals surface area contributed by atoms with Gasteiger partial charge < -0.3 is 10.1 Å². The van der Waals surface area contributed by atoms with Crippen molar-refractivity contribution in [1.29, 1.82) is 5.26 Å². The number of hydrogen-bond donors (Lipinski definition) is 1. The Morgan fingerprint density at radius 3 is 2.78 bits per heavy atom. The van der Waals surface area contributed by atoms with Crippen LogP contribution in [0.1, 0.15) is 51.0 Å². The molecule has 0 spiro atoms. The Hall–Kier alpha value is -2.35. The number of ether oxygens (including phenoxy) is 1. The van der Waals surface area contributed by atoms with Crippen LogP contribution in [0.3, 0.4) is 0 Å². The quantitative estimate of drug-likeness (QED) is 0.845. The molecule has 122 valence electrons. The zero-order valence-corrected chi connectivity index (χ0v) is 13.4. The first-order valence-corrected chi connectivity index (χ1v) is 8.09. The van der Waals surface area contributed by atoms with Crippen molar-refractivity contribution in [2.24, 2.45) is 5.92 Å². The van der Waals surface area contributed by atoms with Crippen LogP contribution in [0.25, 0.3) is 0 Å². The number of anilines is 1. The summed E-state index contributed by atoms with van der Waals surface area (Å²) >= 11 is 0. The summed E-state index contributed by atoms with van der Waals surface area (Å²) in [6.45, 7) is 1.56. The molecule has 0 saturated heterocycles. The molecule has 1 aromatic rings. The second-order valence-corrected chi connectivity index (χ2v) is 6.02. The summed E-state index contributed by atoms with van der Waals surface area (Å²) in [5, 5.41) is 11.5. The van der Waals surface area contributed by atoms with Crippen LogP contribution in [0.15, 0.2) is 24.3 Å². The van der Waals surface area contributed by atoms with Crippen LogP contribution in [-0.4, -0.2) is 18.0 Å². The van der Waals surface area contributed by atoms with Gasteiger partial charge in [0.05, 0.1) is 11.6 Å². The molecule has 0 bridgehead atoms. The van der Waals surface area contributed by atoms with Crippen LogP contribution in [0, 0.1) is 17.2 Å². The Balaban J connectivity index is 1.81. The van der Waals surface area contributed by atoms with Crippen molar-refractivity contribution in [3.05, 3.63) is 29.8 Å². The predicted octanol–water partition coefficient (Wildman–Crippen LogP) is 3.40. The van der Waals surface area contributed by atoms with Crippen molar-refractivity contribution in [2.75, 3.05) is 5.32 Å². The number of nitrogens with one attached hydrogen (secondary N) is 1. The van der Waals surface area contributed by atoms with E-state index in [4.69, 9.17) is 10.00 Å². The van der Waals surface area contributed by atoms with Gasteiger partial charge in [-0.05, 0) is 43.9 Å². The first-order valence-electron chi connectivity index (χ1n) is 8.09. The molecule has 1 aliphatic carbocycles. The van der Waals surface area contributed by atoms with Gasteiger partial charge >= 0.3 is 5.97 Å². The molecule has 1 atom stereocenters. The first kappa shape index (κ1) is 17.0. The Kier molecular flexibility index (Phi) is 6.16. The van der Waals surface area contributed by atoms with E-state index in [9.17, 15) is 9.59 Å². The van der Waals surface area contributed by atoms with Crippen molar-refractivity contribution >= 4 is 17.6 Å². The average Bonchev–Trinajstić information content (AvgIpc) is 2.55. The number of esters is 1. The molecule has 0 radical (unpaired) electrons. The third kappa shape index (κ3) is 5.41. The molecule has 23 heavy (non-hydrogen) atoms. The van der Waals surface area contributed by atoms with Crippen LogP contribution in [-0.2, 0) is 14.3 Å². The third-order valence-electron chi connectivity index (χ3n) is 4.12. The summed E-state index contributed by atoms with van der Waals surface area (Å²) in [6, 6.07) is 8.62. The van der Waals surface area contributed by atoms with Crippen molar-refractivity contribution in [1.82, 2.24) is 0 Å². The second kappa shape index (κ2) is 8.33. The van der Waals surface area contributed by atoms with Crippen molar-refractivity contribution in [3.8, 4) is 6.07 Å². The molecule has 1 amide bonds. The van der Waals surface area contributed by atoms with Gasteiger partial charge in [0, 0.05) is 12.1 Å². The zero-order chi connectivity index (χ0) is 16.7. The summed E-state index contributed by atoms with van der Waals surface area (Å²) in [4.78, 5) is 24.0. The number of benzene rings is 1. The highest BCUT2D eigenvalue weighted by molar-refractivity contribution is 5.95. The van der Waals surface area contributed by atoms with Gasteiger partial charge in [-0.15, -0.1) is 0 Å². The van der Waals surface area contributed by atoms with E-state index in [2.05, 4.69) is 5.32 Å². The predicted molar refractivity (Wildman–Crippen MR) is 86.5 cm³/mol. The molecule has 2 rings (SSSR count). The fourth-order valence-corrected chi connectivity index (χ4v) is 2.84. The van der Waals surface area contributed by atoms with Gasteiger partial charge in [-0.25, -0.2) is 0 Å². The van der Waals surface area contributed by atoms with Gasteiger partial charge in [0.15, 0.2) is 6.10 Å². The Morgan fingerprint density at radius 1 is 1.35 bits per heavy atom. The maximum absolute atomic E-state index is 12.1. The van der Waals surface area contributed by atoms with Gasteiger partial charge in [-0.1, -0.05) is 25.3 Å². The number of carbonyl (C=O) groups excluding carboxylic acids is 2. The fourth-order valence-electron chi connectivity index (χ4n) is 2.84. The molecule has 5 nitrogen and oxygen atoms in total. The smallest absolute Gasteiger partial charge is 0.306 e. The van der Waals surface area contributed by atoms with Crippen LogP contribution in [0.4, 0.5) is 5.69 Å². The molecule has 1 aromatic carbocycles. The third-order valence-corrected chi connectivity index (χ3v) is 4.12. The number of carbonyl (C=O) groups is 2. The Morgan fingerprint density at radius 2 is 2.09 bits per heavy atom. The number of nitriles is 1. The van der Waals surface area contributed by atoms with Crippen molar-refractivity contribution in [2.45, 2.75) is 51.6 Å². The number of amides is 1. The Labute approximate surface area is 136 Å². The first-order chi connectivity index (χ1) is 11.1. The molecular weight excluding hydrogens is 292 g/mol. The molecule has 0 heterocycles. The summed E-state index contributed by atoms with van der Waals surface area (Å²) in [5.41, 5.74) is 0.981. The molecule has 0 aliphatic heterocycles. The van der Waals surface area contributed by atoms with E-state index >= 15 is 0 Å². The zero-order valence-electron chi connectivity index (χ0n) is 13.4. The molecule has 0 unspecified atom stereocenters. The van der Waals surface area contributed by atoms with Gasteiger partial charge in [-0.3, -0.25) is 9.59 Å². The molecule has 0 aromatic heterocycles. The summed E-state index contributed by atoms with van der Waals surface area (Å²) in [6.07, 6.45) is 5.25. The summed E-state index contributed by atoms with van der Waals surface area (Å²) < 4.78 is 5.23. The van der Waals surface area contributed by atoms with Crippen LogP contribution < -0.4 is 5.32 Å². The van der Waals surface area contributed by atoms with E-state index in [0.717, 1.165) is 12.8 Å². The summed E-state index contributed by atoms with van der Waals surface area (Å²) in [5.74, 6) is -0.318. The highest BCUT2D eigenvalue weighted by Crippen LogP contribution is 2.26. The van der Waals surface area contributed by atoms with Gasteiger partial charge in [0.2, 0.25) is 0 Å². The number of rotatable bonds is 5. The van der Waals surface area contributed by atoms with E-state index in [1.807, 2.05) is 6.07 Å². The molecule has 1 fully saturated rings. The normalized spacial score (nSPS) is 16.2. The lowest BCUT2D eigenvalue weighted by Crippen LogP contribution is -2.30. The van der Waals surface area contributed by atoms with E-state index in [0.29, 0.717) is 23.6 Å². The van der Waals surface area contributed by atoms with Crippen LogP contribution >= 0.6 is 0 Å². The largest absolute Gasteiger partial charge is 0.453 e. The lowest BCUT2D eigenvalue weighted by molar-refractivity contribution is -0.154. The van der Waals surface area contributed by atoms with Crippen molar-refractivity contribution in [3.63, 3.8) is 0 Å². The molecule has 5 heteroatoms. The van der Waals surface area contributed by atoms with Gasteiger partial charge in [-0.2, -0.15) is 5.26 Å². The minimum absolute atomic E-state index is 0.315. The average molecular weight is 314 g/mol. The standard InChI is InChI=1S/C18H22N2O3/c1-13(23-17(21)11-14-6-3-2-4-7-14)18(22)20-16-9-5-8-15(10-16)12-19/h5,8-10,13-14H,2-4,6-7,11H2,1H3,(H,20,22)/t13-/m1/s1. The lowest BCUT2D eigenvalue weighted by atomic mass is 9.87.